The summed E-state index contributed by atoms with van der Waals surface area (Å²) in [6.45, 7) is 3.55. The normalized spacial score (nSPS) is 11.7. The molecule has 0 saturated heterocycles. The van der Waals surface area contributed by atoms with Gasteiger partial charge in [-0.25, -0.2) is 0 Å². The van der Waals surface area contributed by atoms with E-state index in [1.54, 1.807) is 31.2 Å². The van der Waals surface area contributed by atoms with E-state index in [-0.39, 0.29) is 12.1 Å². The number of nitrogens with zero attached hydrogens (tertiary/aromatic N) is 1. The summed E-state index contributed by atoms with van der Waals surface area (Å²) < 4.78 is 13.0. The molecule has 3 N–H and O–H groups in total. The molecule has 0 aliphatic rings. The Kier molecular flexibility index (Phi) is 6.47. The summed E-state index contributed by atoms with van der Waals surface area (Å²) >= 11 is 0. The SMILES string of the molecule is Cc1c(C(=O)NCCP(=O)(O)O)ccc(-c2ccc3c(c2)c(C(=O)[O-])c2ccccc2[n+]3C)c1C. The number of carbonyl (C=O) groups excluding carboxylic acids is 2. The first-order valence-corrected chi connectivity index (χ1v) is 12.8. The Hall–Kier alpha value is -3.58. The van der Waals surface area contributed by atoms with Gasteiger partial charge < -0.3 is 25.0 Å². The van der Waals surface area contributed by atoms with Crippen molar-refractivity contribution in [2.24, 2.45) is 7.05 Å². The van der Waals surface area contributed by atoms with Gasteiger partial charge in [0.15, 0.2) is 0 Å². The monoisotopic (exact) mass is 492 g/mol. The zero-order valence-electron chi connectivity index (χ0n) is 19.5. The average molecular weight is 492 g/mol. The summed E-state index contributed by atoms with van der Waals surface area (Å²) in [5, 5.41) is 15.9. The topological polar surface area (TPSA) is 131 Å². The van der Waals surface area contributed by atoms with Crippen LogP contribution in [0.5, 0.6) is 0 Å². The van der Waals surface area contributed by atoms with Gasteiger partial charge in [-0.15, -0.1) is 0 Å². The Morgan fingerprint density at radius 3 is 2.34 bits per heavy atom. The maximum absolute atomic E-state index is 12.6. The van der Waals surface area contributed by atoms with Crippen molar-refractivity contribution < 1.29 is 33.6 Å². The van der Waals surface area contributed by atoms with E-state index in [4.69, 9.17) is 9.79 Å². The highest BCUT2D eigenvalue weighted by Gasteiger charge is 2.20. The van der Waals surface area contributed by atoms with E-state index in [0.29, 0.717) is 16.3 Å². The number of amides is 1. The fourth-order valence-corrected chi connectivity index (χ4v) is 4.86. The van der Waals surface area contributed by atoms with Crippen LogP contribution >= 0.6 is 7.60 Å². The molecule has 0 unspecified atom stereocenters. The van der Waals surface area contributed by atoms with Gasteiger partial charge in [-0.1, -0.05) is 18.2 Å². The number of pyridine rings is 1. The number of aromatic carboxylic acids is 1. The van der Waals surface area contributed by atoms with Crippen LogP contribution in [-0.2, 0) is 11.6 Å². The minimum Gasteiger partial charge on any atom is -0.545 e. The van der Waals surface area contributed by atoms with Crippen molar-refractivity contribution in [2.75, 3.05) is 12.7 Å². The summed E-state index contributed by atoms with van der Waals surface area (Å²) in [6, 6.07) is 16.4. The van der Waals surface area contributed by atoms with Gasteiger partial charge in [-0.2, -0.15) is 4.57 Å². The van der Waals surface area contributed by atoms with Crippen LogP contribution in [0.15, 0.2) is 54.6 Å². The van der Waals surface area contributed by atoms with Crippen molar-refractivity contribution in [2.45, 2.75) is 13.8 Å². The fourth-order valence-electron chi connectivity index (χ4n) is 4.46. The lowest BCUT2D eigenvalue weighted by Crippen LogP contribution is -2.33. The molecule has 4 aromatic rings. The minimum atomic E-state index is -4.20. The zero-order valence-corrected chi connectivity index (χ0v) is 20.4. The van der Waals surface area contributed by atoms with Crippen LogP contribution in [0.25, 0.3) is 32.9 Å². The van der Waals surface area contributed by atoms with Crippen molar-refractivity contribution in [1.82, 2.24) is 5.32 Å². The first-order valence-electron chi connectivity index (χ1n) is 11.0. The van der Waals surface area contributed by atoms with Crippen LogP contribution in [0.4, 0.5) is 0 Å². The van der Waals surface area contributed by atoms with Crippen molar-refractivity contribution in [3.8, 4) is 11.1 Å². The Morgan fingerprint density at radius 1 is 0.971 bits per heavy atom. The Labute approximate surface area is 202 Å². The largest absolute Gasteiger partial charge is 0.545 e. The van der Waals surface area contributed by atoms with Crippen LogP contribution in [0.1, 0.15) is 31.8 Å². The molecular formula is C26H25N2O6P. The van der Waals surface area contributed by atoms with E-state index in [1.807, 2.05) is 48.9 Å². The van der Waals surface area contributed by atoms with E-state index in [0.717, 1.165) is 33.3 Å². The van der Waals surface area contributed by atoms with Gasteiger partial charge in [0.25, 0.3) is 5.91 Å². The highest BCUT2D eigenvalue weighted by atomic mass is 31.2. The number of benzene rings is 3. The molecular weight excluding hydrogens is 467 g/mol. The maximum atomic E-state index is 12.6. The molecule has 0 bridgehead atoms. The molecule has 1 heterocycles. The summed E-state index contributed by atoms with van der Waals surface area (Å²) in [6.07, 6.45) is -0.432. The molecule has 0 atom stereocenters. The highest BCUT2D eigenvalue weighted by molar-refractivity contribution is 7.51. The lowest BCUT2D eigenvalue weighted by molar-refractivity contribution is -0.617. The van der Waals surface area contributed by atoms with Crippen LogP contribution < -0.4 is 15.0 Å². The molecule has 1 amide bonds. The number of aryl methyl sites for hydroxylation is 1. The Balaban J connectivity index is 1.80. The van der Waals surface area contributed by atoms with Gasteiger partial charge in [0, 0.05) is 29.8 Å². The molecule has 9 heteroatoms. The van der Waals surface area contributed by atoms with Crippen molar-refractivity contribution in [1.29, 1.82) is 0 Å². The zero-order chi connectivity index (χ0) is 25.5. The molecule has 0 aliphatic heterocycles. The molecule has 0 radical (unpaired) electrons. The second-order valence-electron chi connectivity index (χ2n) is 8.53. The number of para-hydroxylation sites is 1. The fraction of sp³-hybridized carbons (Fsp3) is 0.192. The number of carbonyl (C=O) groups is 2. The molecule has 0 spiro atoms. The van der Waals surface area contributed by atoms with Gasteiger partial charge in [-0.3, -0.25) is 9.36 Å². The number of carboxylic acid groups (broad SMARTS) is 1. The third-order valence-corrected chi connectivity index (χ3v) is 7.20. The van der Waals surface area contributed by atoms with Gasteiger partial charge >= 0.3 is 7.60 Å². The number of carboxylic acids is 1. The minimum absolute atomic E-state index is 0.131. The molecule has 3 aromatic carbocycles. The third kappa shape index (κ3) is 4.68. The first kappa shape index (κ1) is 24.5. The summed E-state index contributed by atoms with van der Waals surface area (Å²) in [7, 11) is -2.31. The second kappa shape index (κ2) is 9.23. The smallest absolute Gasteiger partial charge is 0.327 e. The summed E-state index contributed by atoms with van der Waals surface area (Å²) in [4.78, 5) is 42.7. The number of rotatable bonds is 6. The summed E-state index contributed by atoms with van der Waals surface area (Å²) in [5.41, 5.74) is 5.28. The lowest BCUT2D eigenvalue weighted by atomic mass is 9.91. The molecule has 180 valence electrons. The third-order valence-electron chi connectivity index (χ3n) is 6.40. The van der Waals surface area contributed by atoms with Crippen LogP contribution in [0, 0.1) is 13.8 Å². The van der Waals surface area contributed by atoms with E-state index < -0.39 is 25.6 Å². The van der Waals surface area contributed by atoms with Crippen molar-refractivity contribution in [3.63, 3.8) is 0 Å². The van der Waals surface area contributed by atoms with Gasteiger partial charge in [0.1, 0.15) is 7.05 Å². The number of fused-ring (bicyclic) bond motifs is 2. The van der Waals surface area contributed by atoms with Gasteiger partial charge in [-0.05, 0) is 60.4 Å². The van der Waals surface area contributed by atoms with E-state index >= 15 is 0 Å². The Morgan fingerprint density at radius 2 is 1.66 bits per heavy atom. The second-order valence-corrected chi connectivity index (χ2v) is 10.3. The predicted octanol–water partition coefficient (Wildman–Crippen LogP) is 2.37. The quantitative estimate of drug-likeness (QED) is 0.215. The number of hydrogen-bond donors (Lipinski definition) is 3. The summed E-state index contributed by atoms with van der Waals surface area (Å²) in [5.74, 6) is -1.67. The molecule has 35 heavy (non-hydrogen) atoms. The van der Waals surface area contributed by atoms with E-state index in [2.05, 4.69) is 5.32 Å². The molecule has 0 aliphatic carbocycles. The van der Waals surface area contributed by atoms with Crippen LogP contribution in [-0.4, -0.2) is 34.4 Å². The molecule has 0 saturated carbocycles. The van der Waals surface area contributed by atoms with Gasteiger partial charge in [0.2, 0.25) is 11.0 Å². The Bertz CT molecular complexity index is 1560. The average Bonchev–Trinajstić information content (AvgIpc) is 2.79. The van der Waals surface area contributed by atoms with Crippen LogP contribution in [0.2, 0.25) is 0 Å². The molecule has 4 rings (SSSR count). The highest BCUT2D eigenvalue weighted by Crippen LogP contribution is 2.34. The van der Waals surface area contributed by atoms with E-state index in [9.17, 15) is 19.3 Å². The van der Waals surface area contributed by atoms with E-state index in [1.165, 1.54) is 0 Å². The standard InChI is InChI=1S/C26H25N2O6P/c1-15-16(2)19(25(29)27-12-13-35(32,33)34)10-9-18(15)17-8-11-23-21(14-17)24(26(30)31)20-6-4-5-7-22(20)28(23)3/h4-11,14H,12-13H2,1-3H3,(H3-,27,29,30,31,32,33,34). The van der Waals surface area contributed by atoms with Crippen molar-refractivity contribution in [3.05, 3.63) is 76.9 Å². The first-order chi connectivity index (χ1) is 16.5. The van der Waals surface area contributed by atoms with Crippen molar-refractivity contribution >= 4 is 41.3 Å². The molecule has 0 fully saturated rings. The van der Waals surface area contributed by atoms with Crippen LogP contribution in [0.3, 0.4) is 0 Å². The number of nitrogens with one attached hydrogen (secondary N) is 1. The number of hydrogen-bond acceptors (Lipinski definition) is 4. The molecule has 8 nitrogen and oxygen atoms in total. The predicted molar refractivity (Wildman–Crippen MR) is 131 cm³/mol. The lowest BCUT2D eigenvalue weighted by Gasteiger charge is -2.16. The maximum Gasteiger partial charge on any atom is 0.327 e. The number of aromatic nitrogens is 1. The van der Waals surface area contributed by atoms with Gasteiger partial charge in [0.05, 0.1) is 22.9 Å². The molecule has 1 aromatic heterocycles.